The molecule has 0 aromatic heterocycles. The highest BCUT2D eigenvalue weighted by Gasteiger charge is 1.96. The van der Waals surface area contributed by atoms with Crippen molar-refractivity contribution < 1.29 is 10.0 Å². The smallest absolute Gasteiger partial charge is 0.242 e. The molecule has 7 heavy (non-hydrogen) atoms. The molecule has 0 spiro atoms. The summed E-state index contributed by atoms with van der Waals surface area (Å²) in [5.41, 5.74) is 0. The molecule has 1 radical (unpaired) electrons. The van der Waals surface area contributed by atoms with E-state index in [-0.39, 0.29) is 12.5 Å². The molecular weight excluding hydrogens is 94.0 g/mol. The Morgan fingerprint density at radius 2 is 2.43 bits per heavy atom. The Morgan fingerprint density at radius 1 is 2.00 bits per heavy atom. The molecule has 0 aliphatic rings. The maximum atomic E-state index is 10.0. The summed E-state index contributed by atoms with van der Waals surface area (Å²) >= 11 is 0. The third kappa shape index (κ3) is 2.17. The van der Waals surface area contributed by atoms with Crippen LogP contribution in [0.4, 0.5) is 0 Å². The minimum Gasteiger partial charge on any atom is -0.286 e. The molecule has 0 saturated heterocycles. The zero-order valence-corrected chi connectivity index (χ0v) is 4.22. The van der Waals surface area contributed by atoms with E-state index in [1.165, 1.54) is 6.92 Å². The normalized spacial score (nSPS) is 8.43. The van der Waals surface area contributed by atoms with Crippen LogP contribution >= 0.6 is 0 Å². The largest absolute Gasteiger partial charge is 0.286 e. The fourth-order valence-electron chi connectivity index (χ4n) is 0.157. The molecule has 0 aromatic carbocycles. The number of hydrogen-bond donors (Lipinski definition) is 1. The summed E-state index contributed by atoms with van der Waals surface area (Å²) in [6, 6.07) is 0. The molecule has 1 N–H and O–H groups in total. The Labute approximate surface area is 42.5 Å². The molecule has 0 unspecified atom stereocenters. The zero-order chi connectivity index (χ0) is 5.86. The Kier molecular flexibility index (Phi) is 2.37. The summed E-state index contributed by atoms with van der Waals surface area (Å²) in [4.78, 5) is 10.0. The molecular formula is C4H8NO2. The standard InChI is InChI=1S/C4H8NO2/c1-3-5(7)4(2)6/h7H,1,3H2,2H3. The molecule has 0 bridgehead atoms. The van der Waals surface area contributed by atoms with Crippen LogP contribution in [0.2, 0.25) is 0 Å². The molecule has 0 aliphatic carbocycles. The predicted octanol–water partition coefficient (Wildman–Crippen LogP) is 0.0582. The molecule has 41 valence electrons. The van der Waals surface area contributed by atoms with E-state index in [9.17, 15) is 4.79 Å². The van der Waals surface area contributed by atoms with Crippen LogP contribution in [-0.4, -0.2) is 22.7 Å². The Balaban J connectivity index is 3.34. The van der Waals surface area contributed by atoms with E-state index < -0.39 is 0 Å². The monoisotopic (exact) mass is 102 g/mol. The Hall–Kier alpha value is -0.570. The Bertz CT molecular complexity index is 72.1. The lowest BCUT2D eigenvalue weighted by Crippen LogP contribution is -2.23. The first-order valence-corrected chi connectivity index (χ1v) is 1.94. The third-order valence-corrected chi connectivity index (χ3v) is 0.575. The van der Waals surface area contributed by atoms with Gasteiger partial charge in [-0.05, 0) is 6.92 Å². The van der Waals surface area contributed by atoms with E-state index in [0.29, 0.717) is 5.06 Å². The predicted molar refractivity (Wildman–Crippen MR) is 24.5 cm³/mol. The van der Waals surface area contributed by atoms with Crippen molar-refractivity contribution in [3.8, 4) is 0 Å². The van der Waals surface area contributed by atoms with Crippen molar-refractivity contribution in [2.45, 2.75) is 6.92 Å². The maximum Gasteiger partial charge on any atom is 0.242 e. The summed E-state index contributed by atoms with van der Waals surface area (Å²) < 4.78 is 0. The van der Waals surface area contributed by atoms with Gasteiger partial charge in [0.15, 0.2) is 0 Å². The minimum absolute atomic E-state index is 0.106. The molecule has 0 atom stereocenters. The quantitative estimate of drug-likeness (QED) is 0.375. The molecule has 0 aromatic rings. The summed E-state index contributed by atoms with van der Waals surface area (Å²) in [5.74, 6) is -0.380. The number of carbonyl (C=O) groups excluding carboxylic acids is 1. The van der Waals surface area contributed by atoms with Gasteiger partial charge in [-0.3, -0.25) is 10.0 Å². The second-order valence-corrected chi connectivity index (χ2v) is 1.14. The molecule has 0 aliphatic heterocycles. The van der Waals surface area contributed by atoms with E-state index in [4.69, 9.17) is 5.21 Å². The first-order valence-electron chi connectivity index (χ1n) is 1.94. The summed E-state index contributed by atoms with van der Waals surface area (Å²) in [6.45, 7) is 4.64. The molecule has 0 heterocycles. The number of nitrogens with zero attached hydrogens (tertiary/aromatic N) is 1. The van der Waals surface area contributed by atoms with E-state index in [2.05, 4.69) is 6.92 Å². The second-order valence-electron chi connectivity index (χ2n) is 1.14. The van der Waals surface area contributed by atoms with Crippen molar-refractivity contribution in [3.05, 3.63) is 6.92 Å². The van der Waals surface area contributed by atoms with Crippen LogP contribution in [-0.2, 0) is 4.79 Å². The first-order chi connectivity index (χ1) is 3.18. The van der Waals surface area contributed by atoms with Crippen molar-refractivity contribution in [1.82, 2.24) is 5.06 Å². The highest BCUT2D eigenvalue weighted by Crippen LogP contribution is 1.76. The molecule has 0 fully saturated rings. The molecule has 0 saturated carbocycles. The van der Waals surface area contributed by atoms with Gasteiger partial charge in [-0.25, -0.2) is 5.06 Å². The summed E-state index contributed by atoms with van der Waals surface area (Å²) in [6.07, 6.45) is 0. The van der Waals surface area contributed by atoms with Gasteiger partial charge >= 0.3 is 0 Å². The summed E-state index contributed by atoms with van der Waals surface area (Å²) in [7, 11) is 0. The van der Waals surface area contributed by atoms with Gasteiger partial charge in [0.25, 0.3) is 0 Å². The molecule has 1 amide bonds. The van der Waals surface area contributed by atoms with Crippen LogP contribution in [0.5, 0.6) is 0 Å². The van der Waals surface area contributed by atoms with Crippen LogP contribution in [0.3, 0.4) is 0 Å². The van der Waals surface area contributed by atoms with Crippen molar-refractivity contribution in [2.24, 2.45) is 0 Å². The SMILES string of the molecule is [CH2]CN(O)C(C)=O. The highest BCUT2D eigenvalue weighted by molar-refractivity contribution is 5.71. The van der Waals surface area contributed by atoms with Crippen LogP contribution in [0.15, 0.2) is 0 Å². The minimum atomic E-state index is -0.380. The fraction of sp³-hybridized carbons (Fsp3) is 0.500. The van der Waals surface area contributed by atoms with Crippen molar-refractivity contribution in [3.63, 3.8) is 0 Å². The topological polar surface area (TPSA) is 40.5 Å². The second kappa shape index (κ2) is 2.58. The van der Waals surface area contributed by atoms with E-state index in [1.807, 2.05) is 0 Å². The van der Waals surface area contributed by atoms with Gasteiger partial charge in [-0.15, -0.1) is 0 Å². The molecule has 3 heteroatoms. The van der Waals surface area contributed by atoms with Gasteiger partial charge in [0.1, 0.15) is 0 Å². The average molecular weight is 102 g/mol. The zero-order valence-electron chi connectivity index (χ0n) is 4.22. The average Bonchev–Trinajstić information content (AvgIpc) is 1.65. The summed E-state index contributed by atoms with van der Waals surface area (Å²) in [5, 5.41) is 8.90. The lowest BCUT2D eigenvalue weighted by molar-refractivity contribution is -0.160. The van der Waals surface area contributed by atoms with Gasteiger partial charge in [-0.2, -0.15) is 0 Å². The van der Waals surface area contributed by atoms with Crippen LogP contribution < -0.4 is 0 Å². The lowest BCUT2D eigenvalue weighted by atomic mass is 10.6. The maximum absolute atomic E-state index is 10.0. The Morgan fingerprint density at radius 3 is 2.43 bits per heavy atom. The number of carbonyl (C=O) groups is 1. The van der Waals surface area contributed by atoms with Gasteiger partial charge < -0.3 is 0 Å². The van der Waals surface area contributed by atoms with Gasteiger partial charge in [-0.1, -0.05) is 0 Å². The van der Waals surface area contributed by atoms with E-state index in [1.54, 1.807) is 0 Å². The van der Waals surface area contributed by atoms with Gasteiger partial charge in [0.05, 0.1) is 0 Å². The number of hydrogen-bond acceptors (Lipinski definition) is 2. The number of amides is 1. The first kappa shape index (κ1) is 6.43. The highest BCUT2D eigenvalue weighted by atomic mass is 16.5. The van der Waals surface area contributed by atoms with Crippen molar-refractivity contribution in [1.29, 1.82) is 0 Å². The van der Waals surface area contributed by atoms with Crippen LogP contribution in [0.25, 0.3) is 0 Å². The third-order valence-electron chi connectivity index (χ3n) is 0.575. The van der Waals surface area contributed by atoms with Gasteiger partial charge in [0.2, 0.25) is 5.91 Å². The molecule has 0 rings (SSSR count). The van der Waals surface area contributed by atoms with E-state index >= 15 is 0 Å². The number of hydroxylamine groups is 2. The van der Waals surface area contributed by atoms with Crippen LogP contribution in [0.1, 0.15) is 6.92 Å². The lowest BCUT2D eigenvalue weighted by Gasteiger charge is -2.06. The molecule has 3 nitrogen and oxygen atoms in total. The fourth-order valence-corrected chi connectivity index (χ4v) is 0.157. The van der Waals surface area contributed by atoms with Crippen molar-refractivity contribution in [2.75, 3.05) is 6.54 Å². The van der Waals surface area contributed by atoms with Gasteiger partial charge in [0, 0.05) is 13.5 Å². The van der Waals surface area contributed by atoms with E-state index in [0.717, 1.165) is 0 Å². The van der Waals surface area contributed by atoms with Crippen molar-refractivity contribution >= 4 is 5.91 Å². The number of rotatable bonds is 1. The van der Waals surface area contributed by atoms with Crippen LogP contribution in [0, 0.1) is 6.92 Å².